The fraction of sp³-hybridized carbons (Fsp3) is 0.769. The van der Waals surface area contributed by atoms with Crippen molar-refractivity contribution in [1.82, 2.24) is 15.1 Å². The van der Waals surface area contributed by atoms with Gasteiger partial charge in [0, 0.05) is 28.0 Å². The number of aryl methyl sites for hydroxylation is 1. The first kappa shape index (κ1) is 15.5. The number of thioether (sulfide) groups is 2. The first-order chi connectivity index (χ1) is 9.08. The average molecular weight is 320 g/mol. The van der Waals surface area contributed by atoms with Gasteiger partial charge in [-0.3, -0.25) is 4.68 Å². The summed E-state index contributed by atoms with van der Waals surface area (Å²) in [6.45, 7) is 7.60. The minimum absolute atomic E-state index is 0.266. The van der Waals surface area contributed by atoms with E-state index in [2.05, 4.69) is 54.7 Å². The van der Waals surface area contributed by atoms with Crippen LogP contribution < -0.4 is 5.32 Å². The molecule has 108 valence electrons. The van der Waals surface area contributed by atoms with E-state index in [-0.39, 0.29) is 6.04 Å². The van der Waals surface area contributed by atoms with Crippen molar-refractivity contribution < 1.29 is 0 Å². The van der Waals surface area contributed by atoms with Crippen molar-refractivity contribution in [2.45, 2.75) is 49.1 Å². The molecule has 1 aromatic rings. The Morgan fingerprint density at radius 2 is 2.26 bits per heavy atom. The molecule has 0 aromatic carbocycles. The minimum atomic E-state index is 0.266. The number of rotatable bonds is 4. The molecule has 19 heavy (non-hydrogen) atoms. The Labute approximate surface area is 129 Å². The van der Waals surface area contributed by atoms with Gasteiger partial charge in [-0.15, -0.1) is 0 Å². The van der Waals surface area contributed by atoms with Crippen LogP contribution in [0.4, 0.5) is 0 Å². The van der Waals surface area contributed by atoms with Crippen LogP contribution in [0.25, 0.3) is 0 Å². The number of hydrogen-bond acceptors (Lipinski definition) is 4. The zero-order valence-corrected chi connectivity index (χ0v) is 14.3. The lowest BCUT2D eigenvalue weighted by molar-refractivity contribution is 0.512. The highest BCUT2D eigenvalue weighted by Crippen LogP contribution is 2.42. The summed E-state index contributed by atoms with van der Waals surface area (Å²) in [5.41, 5.74) is 1.13. The summed E-state index contributed by atoms with van der Waals surface area (Å²) in [5.74, 6) is 1.16. The molecule has 1 aliphatic rings. The van der Waals surface area contributed by atoms with Gasteiger partial charge in [-0.25, -0.2) is 0 Å². The topological polar surface area (TPSA) is 29.9 Å². The highest BCUT2D eigenvalue weighted by Gasteiger charge is 2.33. The fourth-order valence-corrected chi connectivity index (χ4v) is 5.80. The van der Waals surface area contributed by atoms with Gasteiger partial charge in [-0.05, 0) is 14.0 Å². The summed E-state index contributed by atoms with van der Waals surface area (Å²) in [4.78, 5) is 0. The Kier molecular flexibility index (Phi) is 5.52. The highest BCUT2D eigenvalue weighted by molar-refractivity contribution is 8.07. The Hall–Kier alpha value is 0.160. The number of nitrogens with one attached hydrogen (secondary N) is 1. The molecule has 4 atom stereocenters. The van der Waals surface area contributed by atoms with Crippen LogP contribution in [0, 0.1) is 0 Å². The molecule has 1 fully saturated rings. The molecule has 3 nitrogen and oxygen atoms in total. The van der Waals surface area contributed by atoms with Crippen molar-refractivity contribution in [1.29, 1.82) is 0 Å². The molecule has 2 rings (SSSR count). The lowest BCUT2D eigenvalue weighted by atomic mass is 10.1. The highest BCUT2D eigenvalue weighted by atomic mass is 35.5. The Morgan fingerprint density at radius 1 is 1.53 bits per heavy atom. The molecule has 2 heterocycles. The maximum Gasteiger partial charge on any atom is 0.0834 e. The molecule has 1 N–H and O–H groups in total. The monoisotopic (exact) mass is 319 g/mol. The third-order valence-corrected chi connectivity index (χ3v) is 7.47. The first-order valence-corrected chi connectivity index (χ1v) is 9.11. The molecular formula is C13H22ClN3S2. The molecule has 0 spiro atoms. The lowest BCUT2D eigenvalue weighted by Crippen LogP contribution is -2.37. The molecule has 1 saturated heterocycles. The Bertz CT molecular complexity index is 424. The fourth-order valence-electron chi connectivity index (χ4n) is 2.41. The predicted molar refractivity (Wildman–Crippen MR) is 87.5 cm³/mol. The van der Waals surface area contributed by atoms with Crippen LogP contribution >= 0.6 is 35.1 Å². The van der Waals surface area contributed by atoms with E-state index >= 15 is 0 Å². The van der Waals surface area contributed by atoms with E-state index in [9.17, 15) is 0 Å². The van der Waals surface area contributed by atoms with E-state index < -0.39 is 0 Å². The van der Waals surface area contributed by atoms with Gasteiger partial charge in [0.2, 0.25) is 0 Å². The quantitative estimate of drug-likeness (QED) is 0.920. The van der Waals surface area contributed by atoms with Gasteiger partial charge in [0.1, 0.15) is 0 Å². The van der Waals surface area contributed by atoms with Crippen LogP contribution in [0.5, 0.6) is 0 Å². The van der Waals surface area contributed by atoms with Crippen LogP contribution in [0.15, 0.2) is 6.20 Å². The van der Waals surface area contributed by atoms with Crippen molar-refractivity contribution in [3.05, 3.63) is 16.9 Å². The van der Waals surface area contributed by atoms with Gasteiger partial charge in [-0.1, -0.05) is 25.4 Å². The van der Waals surface area contributed by atoms with E-state index in [0.717, 1.165) is 28.3 Å². The number of hydrogen-bond donors (Lipinski definition) is 1. The van der Waals surface area contributed by atoms with Gasteiger partial charge < -0.3 is 5.32 Å². The molecule has 0 bridgehead atoms. The third-order valence-electron chi connectivity index (χ3n) is 3.68. The summed E-state index contributed by atoms with van der Waals surface area (Å²) >= 11 is 10.5. The second-order valence-corrected chi connectivity index (χ2v) is 8.32. The number of halogens is 1. The number of nitrogens with zero attached hydrogens (tertiary/aromatic N) is 2. The molecule has 0 aliphatic carbocycles. The van der Waals surface area contributed by atoms with Crippen molar-refractivity contribution in [2.24, 2.45) is 0 Å². The van der Waals surface area contributed by atoms with E-state index in [1.165, 1.54) is 0 Å². The Morgan fingerprint density at radius 3 is 2.84 bits per heavy atom. The normalized spacial score (nSPS) is 29.4. The van der Waals surface area contributed by atoms with Crippen LogP contribution in [0.3, 0.4) is 0 Å². The summed E-state index contributed by atoms with van der Waals surface area (Å²) in [6, 6.07) is 0.266. The van der Waals surface area contributed by atoms with Gasteiger partial charge in [0.25, 0.3) is 0 Å². The lowest BCUT2D eigenvalue weighted by Gasteiger charge is -2.36. The summed E-state index contributed by atoms with van der Waals surface area (Å²) in [5, 5.41) is 10.5. The second-order valence-electron chi connectivity index (χ2n) is 4.88. The molecule has 0 radical (unpaired) electrons. The van der Waals surface area contributed by atoms with E-state index in [1.54, 1.807) is 6.20 Å². The summed E-state index contributed by atoms with van der Waals surface area (Å²) < 4.78 is 2.01. The SMILES string of the molecule is CCn1ncc(Cl)c1C(NC)C1CSC(C)C(C)S1. The van der Waals surface area contributed by atoms with Gasteiger partial charge in [0.15, 0.2) is 0 Å². The van der Waals surface area contributed by atoms with E-state index in [4.69, 9.17) is 11.6 Å². The summed E-state index contributed by atoms with van der Waals surface area (Å²) in [6.07, 6.45) is 1.76. The molecule has 0 saturated carbocycles. The van der Waals surface area contributed by atoms with Crippen molar-refractivity contribution in [3.63, 3.8) is 0 Å². The Balaban J connectivity index is 2.22. The summed E-state index contributed by atoms with van der Waals surface area (Å²) in [7, 11) is 2.02. The minimum Gasteiger partial charge on any atom is -0.311 e. The predicted octanol–water partition coefficient (Wildman–Crippen LogP) is 3.44. The number of aromatic nitrogens is 2. The smallest absolute Gasteiger partial charge is 0.0834 e. The van der Waals surface area contributed by atoms with Gasteiger partial charge in [0.05, 0.1) is 23.0 Å². The second kappa shape index (κ2) is 6.74. The largest absolute Gasteiger partial charge is 0.311 e. The van der Waals surface area contributed by atoms with Gasteiger partial charge in [-0.2, -0.15) is 28.6 Å². The molecule has 4 unspecified atom stereocenters. The zero-order chi connectivity index (χ0) is 14.0. The third kappa shape index (κ3) is 3.26. The standard InChI is InChI=1S/C13H22ClN3S2/c1-5-17-13(10(14)6-16-17)12(15-4)11-7-18-8(2)9(3)19-11/h6,8-9,11-12,15H,5,7H2,1-4H3. The first-order valence-electron chi connectivity index (χ1n) is 6.74. The van der Waals surface area contributed by atoms with Crippen LogP contribution in [-0.2, 0) is 6.54 Å². The van der Waals surface area contributed by atoms with Crippen LogP contribution in [-0.4, -0.2) is 38.3 Å². The zero-order valence-electron chi connectivity index (χ0n) is 11.9. The van der Waals surface area contributed by atoms with Crippen molar-refractivity contribution >= 4 is 35.1 Å². The molecule has 1 aliphatic heterocycles. The van der Waals surface area contributed by atoms with Crippen molar-refractivity contribution in [2.75, 3.05) is 12.8 Å². The van der Waals surface area contributed by atoms with Crippen molar-refractivity contribution in [3.8, 4) is 0 Å². The molecule has 6 heteroatoms. The van der Waals surface area contributed by atoms with Crippen LogP contribution in [0.2, 0.25) is 5.02 Å². The molecule has 1 aromatic heterocycles. The maximum absolute atomic E-state index is 6.34. The molecular weight excluding hydrogens is 298 g/mol. The van der Waals surface area contributed by atoms with E-state index in [1.807, 2.05) is 11.7 Å². The average Bonchev–Trinajstić information content (AvgIpc) is 2.76. The maximum atomic E-state index is 6.34. The van der Waals surface area contributed by atoms with Crippen LogP contribution in [0.1, 0.15) is 32.5 Å². The van der Waals surface area contributed by atoms with E-state index in [0.29, 0.717) is 10.5 Å². The molecule has 0 amide bonds. The van der Waals surface area contributed by atoms with Gasteiger partial charge >= 0.3 is 0 Å².